The third-order valence-corrected chi connectivity index (χ3v) is 6.46. The van der Waals surface area contributed by atoms with Crippen molar-refractivity contribution in [1.82, 2.24) is 4.90 Å². The normalized spacial score (nSPS) is 20.7. The van der Waals surface area contributed by atoms with E-state index in [0.29, 0.717) is 18.5 Å². The zero-order chi connectivity index (χ0) is 19.0. The molecule has 0 N–H and O–H groups in total. The van der Waals surface area contributed by atoms with Crippen molar-refractivity contribution in [2.75, 3.05) is 18.1 Å². The number of rotatable bonds is 4. The number of hydrogen-bond acceptors (Lipinski definition) is 3. The minimum absolute atomic E-state index is 0.121. The van der Waals surface area contributed by atoms with Crippen molar-refractivity contribution in [1.29, 1.82) is 0 Å². The van der Waals surface area contributed by atoms with Crippen molar-refractivity contribution < 1.29 is 26.4 Å². The van der Waals surface area contributed by atoms with Gasteiger partial charge in [-0.15, -0.1) is 0 Å². The Morgan fingerprint density at radius 3 is 2.52 bits per heavy atom. The summed E-state index contributed by atoms with van der Waals surface area (Å²) in [4.78, 5) is 13.9. The van der Waals surface area contributed by atoms with Crippen molar-refractivity contribution in [2.24, 2.45) is 0 Å². The molecule has 140 valence electrons. The fourth-order valence-corrected chi connectivity index (χ4v) is 4.14. The van der Waals surface area contributed by atoms with Gasteiger partial charge in [-0.3, -0.25) is 4.79 Å². The Labute approximate surface area is 145 Å². The highest BCUT2D eigenvalue weighted by atomic mass is 32.2. The van der Waals surface area contributed by atoms with Gasteiger partial charge in [-0.1, -0.05) is 25.1 Å². The Kier molecular flexibility index (Phi) is 5.23. The van der Waals surface area contributed by atoms with Gasteiger partial charge in [-0.25, -0.2) is 8.42 Å². The SMILES string of the molecule is CCS(=O)(=O)CC(=O)N1CCC(c2cccc(C(F)(F)F)c2)C1(C)C. The first-order chi connectivity index (χ1) is 11.4. The lowest BCUT2D eigenvalue weighted by Crippen LogP contribution is -2.47. The molecule has 4 nitrogen and oxygen atoms in total. The molecular weight excluding hydrogens is 355 g/mol. The molecule has 2 rings (SSSR count). The van der Waals surface area contributed by atoms with Gasteiger partial charge in [0.2, 0.25) is 5.91 Å². The highest BCUT2D eigenvalue weighted by Crippen LogP contribution is 2.43. The van der Waals surface area contributed by atoms with E-state index in [0.717, 1.165) is 12.1 Å². The van der Waals surface area contributed by atoms with Crippen molar-refractivity contribution in [2.45, 2.75) is 44.8 Å². The van der Waals surface area contributed by atoms with Crippen molar-refractivity contribution >= 4 is 15.7 Å². The van der Waals surface area contributed by atoms with E-state index in [-0.39, 0.29) is 11.7 Å². The van der Waals surface area contributed by atoms with Crippen LogP contribution >= 0.6 is 0 Å². The molecule has 8 heteroatoms. The molecule has 1 saturated heterocycles. The summed E-state index contributed by atoms with van der Waals surface area (Å²) in [6.45, 7) is 5.33. The number of likely N-dealkylation sites (tertiary alicyclic amines) is 1. The van der Waals surface area contributed by atoms with Crippen LogP contribution < -0.4 is 0 Å². The number of carbonyl (C=O) groups excluding carboxylic acids is 1. The molecule has 0 spiro atoms. The predicted molar refractivity (Wildman–Crippen MR) is 88.9 cm³/mol. The smallest absolute Gasteiger partial charge is 0.336 e. The number of carbonyl (C=O) groups is 1. The summed E-state index contributed by atoms with van der Waals surface area (Å²) in [6, 6.07) is 5.12. The van der Waals surface area contributed by atoms with Crippen molar-refractivity contribution in [3.63, 3.8) is 0 Å². The van der Waals surface area contributed by atoms with Gasteiger partial charge < -0.3 is 4.90 Å². The van der Waals surface area contributed by atoms with Crippen LogP contribution in [-0.2, 0) is 20.8 Å². The van der Waals surface area contributed by atoms with Crippen LogP contribution in [0.25, 0.3) is 0 Å². The molecule has 0 aliphatic carbocycles. The Balaban J connectivity index is 2.28. The van der Waals surface area contributed by atoms with Crippen LogP contribution in [0.2, 0.25) is 0 Å². The minimum Gasteiger partial charge on any atom is -0.336 e. The summed E-state index contributed by atoms with van der Waals surface area (Å²) in [5, 5.41) is 0. The fraction of sp³-hybridized carbons (Fsp3) is 0.588. The first kappa shape index (κ1) is 19.8. The van der Waals surface area contributed by atoms with Gasteiger partial charge in [0.05, 0.1) is 5.56 Å². The molecule has 25 heavy (non-hydrogen) atoms. The maximum Gasteiger partial charge on any atom is 0.416 e. The second kappa shape index (κ2) is 6.63. The van der Waals surface area contributed by atoms with Gasteiger partial charge in [0.1, 0.15) is 5.75 Å². The van der Waals surface area contributed by atoms with Gasteiger partial charge in [-0.2, -0.15) is 13.2 Å². The van der Waals surface area contributed by atoms with E-state index in [2.05, 4.69) is 0 Å². The van der Waals surface area contributed by atoms with Gasteiger partial charge in [0.15, 0.2) is 9.84 Å². The van der Waals surface area contributed by atoms with Gasteiger partial charge in [0, 0.05) is 23.8 Å². The van der Waals surface area contributed by atoms with Gasteiger partial charge >= 0.3 is 6.18 Å². The lowest BCUT2D eigenvalue weighted by Gasteiger charge is -2.36. The van der Waals surface area contributed by atoms with E-state index in [9.17, 15) is 26.4 Å². The summed E-state index contributed by atoms with van der Waals surface area (Å²) in [5.74, 6) is -1.48. The average molecular weight is 377 g/mol. The second-order valence-electron chi connectivity index (χ2n) is 6.84. The third-order valence-electron chi connectivity index (χ3n) is 4.89. The van der Waals surface area contributed by atoms with Crippen LogP contribution in [0.5, 0.6) is 0 Å². The molecule has 1 amide bonds. The summed E-state index contributed by atoms with van der Waals surface area (Å²) in [6.07, 6.45) is -3.93. The molecule has 1 aliphatic rings. The molecule has 1 fully saturated rings. The summed E-state index contributed by atoms with van der Waals surface area (Å²) in [7, 11) is -3.45. The van der Waals surface area contributed by atoms with Gasteiger partial charge in [-0.05, 0) is 31.9 Å². The molecule has 0 saturated carbocycles. The molecular formula is C17H22F3NO3S. The molecule has 0 radical (unpaired) electrons. The number of sulfone groups is 1. The summed E-state index contributed by atoms with van der Waals surface area (Å²) < 4.78 is 62.3. The molecule has 0 aromatic heterocycles. The fourth-order valence-electron chi connectivity index (χ4n) is 3.41. The van der Waals surface area contributed by atoms with Crippen LogP contribution in [0.1, 0.15) is 44.2 Å². The second-order valence-corrected chi connectivity index (χ2v) is 9.19. The van der Waals surface area contributed by atoms with Crippen LogP contribution in [0, 0.1) is 0 Å². The largest absolute Gasteiger partial charge is 0.416 e. The first-order valence-electron chi connectivity index (χ1n) is 8.06. The van der Waals surface area contributed by atoms with Crippen LogP contribution in [0.4, 0.5) is 13.2 Å². The Hall–Kier alpha value is -1.57. The standard InChI is InChI=1S/C17H22F3NO3S/c1-4-25(23,24)11-15(22)21-9-8-14(16(21,2)3)12-6-5-7-13(10-12)17(18,19)20/h5-7,10,14H,4,8-9,11H2,1-3H3. The Morgan fingerprint density at radius 2 is 1.96 bits per heavy atom. The topological polar surface area (TPSA) is 54.5 Å². The van der Waals surface area contributed by atoms with E-state index in [1.165, 1.54) is 17.9 Å². The number of nitrogens with zero attached hydrogens (tertiary/aromatic N) is 1. The van der Waals surface area contributed by atoms with Gasteiger partial charge in [0.25, 0.3) is 0 Å². The minimum atomic E-state index is -4.43. The average Bonchev–Trinajstić information content (AvgIpc) is 2.81. The van der Waals surface area contributed by atoms with E-state index in [4.69, 9.17) is 0 Å². The quantitative estimate of drug-likeness (QED) is 0.810. The molecule has 1 atom stereocenters. The van der Waals surface area contributed by atoms with E-state index < -0.39 is 38.8 Å². The third kappa shape index (κ3) is 4.16. The lowest BCUT2D eigenvalue weighted by atomic mass is 9.82. The van der Waals surface area contributed by atoms with Crippen LogP contribution in [0.3, 0.4) is 0 Å². The highest BCUT2D eigenvalue weighted by molar-refractivity contribution is 7.92. The molecule has 1 unspecified atom stereocenters. The van der Waals surface area contributed by atoms with E-state index in [1.807, 2.05) is 0 Å². The molecule has 1 aliphatic heterocycles. The first-order valence-corrected chi connectivity index (χ1v) is 9.88. The summed E-state index contributed by atoms with van der Waals surface area (Å²) >= 11 is 0. The molecule has 1 aromatic rings. The highest BCUT2D eigenvalue weighted by Gasteiger charge is 2.45. The zero-order valence-corrected chi connectivity index (χ0v) is 15.2. The number of benzene rings is 1. The molecule has 1 aromatic carbocycles. The van der Waals surface area contributed by atoms with Crippen molar-refractivity contribution in [3.8, 4) is 0 Å². The lowest BCUT2D eigenvalue weighted by molar-refractivity contribution is -0.137. The number of amides is 1. The Morgan fingerprint density at radius 1 is 1.32 bits per heavy atom. The molecule has 1 heterocycles. The number of hydrogen-bond donors (Lipinski definition) is 0. The maximum atomic E-state index is 12.9. The maximum absolute atomic E-state index is 12.9. The van der Waals surface area contributed by atoms with Crippen LogP contribution in [-0.4, -0.2) is 42.8 Å². The van der Waals surface area contributed by atoms with E-state index in [1.54, 1.807) is 19.9 Å². The van der Waals surface area contributed by atoms with Crippen molar-refractivity contribution in [3.05, 3.63) is 35.4 Å². The number of halogens is 3. The predicted octanol–water partition coefficient (Wildman–Crippen LogP) is 3.23. The van der Waals surface area contributed by atoms with E-state index >= 15 is 0 Å². The van der Waals surface area contributed by atoms with Crippen LogP contribution in [0.15, 0.2) is 24.3 Å². The number of alkyl halides is 3. The monoisotopic (exact) mass is 377 g/mol. The summed E-state index contributed by atoms with van der Waals surface area (Å²) in [5.41, 5.74) is -0.975. The molecule has 0 bridgehead atoms. The zero-order valence-electron chi connectivity index (χ0n) is 14.4. The Bertz CT molecular complexity index is 757.